The summed E-state index contributed by atoms with van der Waals surface area (Å²) >= 11 is 0. The second-order valence-electron chi connectivity index (χ2n) is 5.86. The summed E-state index contributed by atoms with van der Waals surface area (Å²) in [7, 11) is 1.62. The molecule has 0 aromatic carbocycles. The standard InChI is InChI=1S/C18H26N2O5/c1-6-8-24-17(22)19(5)16-11-15(10-13(3)14(4)21)20(12-16)18(23)25-9-7-2/h6-7,10,15-16H,1-2,8-9,11-12H2,3-5H3/t15-,16+/m1/s1. The summed E-state index contributed by atoms with van der Waals surface area (Å²) in [4.78, 5) is 38.8. The number of likely N-dealkylation sites (N-methyl/N-ethyl adjacent to an activating group) is 1. The Labute approximate surface area is 148 Å². The number of hydrogen-bond donors (Lipinski definition) is 0. The molecule has 1 saturated heterocycles. The van der Waals surface area contributed by atoms with Crippen molar-refractivity contribution in [2.75, 3.05) is 26.8 Å². The Balaban J connectivity index is 2.92. The smallest absolute Gasteiger partial charge is 0.410 e. The molecule has 0 radical (unpaired) electrons. The molecule has 7 heteroatoms. The van der Waals surface area contributed by atoms with E-state index in [1.54, 1.807) is 20.0 Å². The first-order chi connectivity index (χ1) is 11.8. The fourth-order valence-corrected chi connectivity index (χ4v) is 2.49. The van der Waals surface area contributed by atoms with E-state index >= 15 is 0 Å². The number of ether oxygens (including phenoxy) is 2. The van der Waals surface area contributed by atoms with Crippen LogP contribution in [0.25, 0.3) is 0 Å². The van der Waals surface area contributed by atoms with Crippen molar-refractivity contribution >= 4 is 18.0 Å². The number of ketones is 1. The van der Waals surface area contributed by atoms with E-state index in [1.165, 1.54) is 28.9 Å². The first-order valence-corrected chi connectivity index (χ1v) is 8.05. The molecule has 0 bridgehead atoms. The molecule has 1 aliphatic rings. The Morgan fingerprint density at radius 3 is 2.32 bits per heavy atom. The lowest BCUT2D eigenvalue weighted by Gasteiger charge is -2.24. The molecule has 138 valence electrons. The fraction of sp³-hybridized carbons (Fsp3) is 0.500. The third-order valence-electron chi connectivity index (χ3n) is 4.04. The van der Waals surface area contributed by atoms with Crippen molar-refractivity contribution in [3.05, 3.63) is 37.0 Å². The first kappa shape index (κ1) is 20.5. The van der Waals surface area contributed by atoms with E-state index in [1.807, 2.05) is 0 Å². The van der Waals surface area contributed by atoms with E-state index in [2.05, 4.69) is 13.2 Å². The number of rotatable bonds is 7. The molecule has 1 aliphatic heterocycles. The quantitative estimate of drug-likeness (QED) is 0.521. The largest absolute Gasteiger partial charge is 0.445 e. The molecule has 25 heavy (non-hydrogen) atoms. The van der Waals surface area contributed by atoms with Gasteiger partial charge in [0.05, 0.1) is 12.1 Å². The Bertz CT molecular complexity index is 570. The molecule has 0 N–H and O–H groups in total. The van der Waals surface area contributed by atoms with Gasteiger partial charge in [-0.3, -0.25) is 9.69 Å². The van der Waals surface area contributed by atoms with Crippen molar-refractivity contribution in [2.45, 2.75) is 32.4 Å². The summed E-state index contributed by atoms with van der Waals surface area (Å²) in [6, 6.07) is -0.574. The van der Waals surface area contributed by atoms with Crippen molar-refractivity contribution in [3.8, 4) is 0 Å². The third-order valence-corrected chi connectivity index (χ3v) is 4.04. The van der Waals surface area contributed by atoms with Gasteiger partial charge in [-0.2, -0.15) is 0 Å². The summed E-state index contributed by atoms with van der Waals surface area (Å²) in [5, 5.41) is 0. The molecule has 1 heterocycles. The van der Waals surface area contributed by atoms with Crippen LogP contribution in [0.3, 0.4) is 0 Å². The molecule has 2 amide bonds. The maximum Gasteiger partial charge on any atom is 0.410 e. The molecule has 0 aromatic heterocycles. The van der Waals surface area contributed by atoms with Crippen LogP contribution in [-0.4, -0.2) is 66.7 Å². The molecule has 0 unspecified atom stereocenters. The van der Waals surface area contributed by atoms with E-state index < -0.39 is 12.2 Å². The topological polar surface area (TPSA) is 76.2 Å². The van der Waals surface area contributed by atoms with Gasteiger partial charge in [0.1, 0.15) is 13.2 Å². The zero-order valence-electron chi connectivity index (χ0n) is 15.1. The average molecular weight is 350 g/mol. The summed E-state index contributed by atoms with van der Waals surface area (Å²) in [5.41, 5.74) is 0.559. The van der Waals surface area contributed by atoms with E-state index in [0.717, 1.165) is 0 Å². The van der Waals surface area contributed by atoms with Crippen molar-refractivity contribution in [2.24, 2.45) is 0 Å². The molecular weight excluding hydrogens is 324 g/mol. The average Bonchev–Trinajstić information content (AvgIpc) is 3.00. The molecule has 1 rings (SSSR count). The number of allylic oxidation sites excluding steroid dienone is 1. The molecule has 1 fully saturated rings. The summed E-state index contributed by atoms with van der Waals surface area (Å²) in [5.74, 6) is -0.0680. The zero-order chi connectivity index (χ0) is 19.0. The van der Waals surface area contributed by atoms with Gasteiger partial charge in [0.25, 0.3) is 0 Å². The Morgan fingerprint density at radius 2 is 1.76 bits per heavy atom. The van der Waals surface area contributed by atoms with Crippen LogP contribution in [0.5, 0.6) is 0 Å². The molecular formula is C18H26N2O5. The van der Waals surface area contributed by atoms with Gasteiger partial charge >= 0.3 is 12.2 Å². The number of nitrogens with zero attached hydrogens (tertiary/aromatic N) is 2. The van der Waals surface area contributed by atoms with Gasteiger partial charge in [-0.25, -0.2) is 9.59 Å². The normalized spacial score (nSPS) is 20.0. The number of amides is 2. The lowest BCUT2D eigenvalue weighted by Crippen LogP contribution is -2.41. The zero-order valence-corrected chi connectivity index (χ0v) is 15.1. The van der Waals surface area contributed by atoms with Crippen molar-refractivity contribution < 1.29 is 23.9 Å². The number of carbonyl (C=O) groups is 3. The van der Waals surface area contributed by atoms with Crippen molar-refractivity contribution in [1.29, 1.82) is 0 Å². The lowest BCUT2D eigenvalue weighted by atomic mass is 10.1. The Hall–Kier alpha value is -2.57. The molecule has 0 aliphatic carbocycles. The van der Waals surface area contributed by atoms with Crippen LogP contribution in [-0.2, 0) is 14.3 Å². The number of hydrogen-bond acceptors (Lipinski definition) is 5. The minimum Gasteiger partial charge on any atom is -0.445 e. The number of likely N-dealkylation sites (tertiary alicyclic amines) is 1. The summed E-state index contributed by atoms with van der Waals surface area (Å²) in [6.45, 7) is 10.7. The van der Waals surface area contributed by atoms with E-state index in [9.17, 15) is 14.4 Å². The van der Waals surface area contributed by atoms with Gasteiger partial charge in [0, 0.05) is 13.6 Å². The van der Waals surface area contributed by atoms with Crippen LogP contribution in [0.2, 0.25) is 0 Å². The van der Waals surface area contributed by atoms with E-state index in [0.29, 0.717) is 18.5 Å². The van der Waals surface area contributed by atoms with Crippen LogP contribution in [0.4, 0.5) is 9.59 Å². The van der Waals surface area contributed by atoms with Crippen LogP contribution in [0.15, 0.2) is 37.0 Å². The second kappa shape index (κ2) is 9.66. The highest BCUT2D eigenvalue weighted by Crippen LogP contribution is 2.25. The van der Waals surface area contributed by atoms with Crippen LogP contribution >= 0.6 is 0 Å². The Morgan fingerprint density at radius 1 is 1.16 bits per heavy atom. The van der Waals surface area contributed by atoms with Gasteiger partial charge in [0.2, 0.25) is 0 Å². The SMILES string of the molecule is C=CCOC(=O)N(C)[C@H]1C[C@@H](C=C(C)C(C)=O)N(C(=O)OCC=C)C1. The van der Waals surface area contributed by atoms with Crippen LogP contribution < -0.4 is 0 Å². The first-order valence-electron chi connectivity index (χ1n) is 8.05. The van der Waals surface area contributed by atoms with Crippen molar-refractivity contribution in [1.82, 2.24) is 9.80 Å². The van der Waals surface area contributed by atoms with Gasteiger partial charge in [-0.15, -0.1) is 0 Å². The van der Waals surface area contributed by atoms with Crippen molar-refractivity contribution in [3.63, 3.8) is 0 Å². The predicted molar refractivity (Wildman–Crippen MR) is 94.2 cm³/mol. The minimum absolute atomic E-state index is 0.0680. The highest BCUT2D eigenvalue weighted by Gasteiger charge is 2.38. The summed E-state index contributed by atoms with van der Waals surface area (Å²) in [6.07, 6.45) is 4.20. The molecule has 2 atom stereocenters. The molecule has 0 spiro atoms. The van der Waals surface area contributed by atoms with Gasteiger partial charge < -0.3 is 14.4 Å². The maximum absolute atomic E-state index is 12.3. The monoisotopic (exact) mass is 350 g/mol. The third kappa shape index (κ3) is 5.77. The highest BCUT2D eigenvalue weighted by molar-refractivity contribution is 5.92. The van der Waals surface area contributed by atoms with E-state index in [-0.39, 0.29) is 31.1 Å². The highest BCUT2D eigenvalue weighted by atomic mass is 16.6. The maximum atomic E-state index is 12.3. The predicted octanol–water partition coefficient (Wildman–Crippen LogP) is 2.54. The van der Waals surface area contributed by atoms with Gasteiger partial charge in [-0.1, -0.05) is 31.4 Å². The van der Waals surface area contributed by atoms with Gasteiger partial charge in [0.15, 0.2) is 5.78 Å². The minimum atomic E-state index is -0.507. The summed E-state index contributed by atoms with van der Waals surface area (Å²) < 4.78 is 10.1. The van der Waals surface area contributed by atoms with E-state index in [4.69, 9.17) is 9.47 Å². The van der Waals surface area contributed by atoms with Gasteiger partial charge in [-0.05, 0) is 25.8 Å². The molecule has 0 saturated carbocycles. The Kier molecular flexibility index (Phi) is 7.91. The van der Waals surface area contributed by atoms with Crippen LogP contribution in [0, 0.1) is 0 Å². The second-order valence-corrected chi connectivity index (χ2v) is 5.86. The number of carbonyl (C=O) groups excluding carboxylic acids is 3. The molecule has 7 nitrogen and oxygen atoms in total. The number of Topliss-reactive ketones (excluding diaryl/α,β-unsaturated/α-hetero) is 1. The fourth-order valence-electron chi connectivity index (χ4n) is 2.49. The van der Waals surface area contributed by atoms with Crippen LogP contribution in [0.1, 0.15) is 20.3 Å². The lowest BCUT2D eigenvalue weighted by molar-refractivity contribution is -0.113. The molecule has 0 aromatic rings.